The fourth-order valence-electron chi connectivity index (χ4n) is 1.60. The van der Waals surface area contributed by atoms with Crippen molar-refractivity contribution in [3.05, 3.63) is 27.3 Å². The monoisotopic (exact) mass is 367 g/mol. The maximum Gasteiger partial charge on any atom is 0.237 e. The summed E-state index contributed by atoms with van der Waals surface area (Å²) in [4.78, 5) is 15.2. The van der Waals surface area contributed by atoms with Crippen molar-refractivity contribution >= 4 is 51.1 Å². The minimum Gasteiger partial charge on any atom is -0.368 e. The van der Waals surface area contributed by atoms with Crippen molar-refractivity contribution in [1.82, 2.24) is 9.55 Å². The van der Waals surface area contributed by atoms with Gasteiger partial charge in [-0.05, 0) is 28.7 Å². The van der Waals surface area contributed by atoms with Crippen molar-refractivity contribution < 1.29 is 9.18 Å². The first kappa shape index (κ1) is 12.6. The Morgan fingerprint density at radius 1 is 1.59 bits per heavy atom. The topological polar surface area (TPSA) is 60.9 Å². The van der Waals surface area contributed by atoms with E-state index in [0.717, 1.165) is 0 Å². The molecule has 1 amide bonds. The number of rotatable bonds is 3. The van der Waals surface area contributed by atoms with E-state index in [4.69, 9.17) is 17.3 Å². The number of primary amides is 1. The number of nitrogens with two attached hydrogens (primary N) is 1. The number of halogens is 3. The second-order valence-electron chi connectivity index (χ2n) is 3.47. The van der Waals surface area contributed by atoms with E-state index in [0.29, 0.717) is 20.4 Å². The highest BCUT2D eigenvalue weighted by atomic mass is 127. The maximum absolute atomic E-state index is 13.5. The molecule has 2 aromatic rings. The van der Waals surface area contributed by atoms with Crippen LogP contribution in [0.3, 0.4) is 0 Å². The van der Waals surface area contributed by atoms with E-state index in [2.05, 4.69) is 4.98 Å². The average Bonchev–Trinajstić information content (AvgIpc) is 2.57. The number of hydrogen-bond acceptors (Lipinski definition) is 2. The zero-order chi connectivity index (χ0) is 12.6. The Balaban J connectivity index is 2.69. The summed E-state index contributed by atoms with van der Waals surface area (Å²) in [5, 5.41) is 0. The molecule has 0 bridgehead atoms. The molecule has 0 unspecified atom stereocenters. The van der Waals surface area contributed by atoms with Gasteiger partial charge in [0.25, 0.3) is 0 Å². The van der Waals surface area contributed by atoms with Gasteiger partial charge in [0.05, 0.1) is 20.5 Å². The number of benzene rings is 1. The average molecular weight is 368 g/mol. The van der Waals surface area contributed by atoms with Crippen LogP contribution >= 0.6 is 34.2 Å². The maximum atomic E-state index is 13.5. The van der Waals surface area contributed by atoms with E-state index in [1.807, 2.05) is 22.6 Å². The molecule has 0 aliphatic rings. The summed E-state index contributed by atoms with van der Waals surface area (Å²) in [6.07, 6.45) is 0. The van der Waals surface area contributed by atoms with Gasteiger partial charge < -0.3 is 10.3 Å². The Labute approximate surface area is 115 Å². The van der Waals surface area contributed by atoms with Crippen LogP contribution in [0.15, 0.2) is 12.1 Å². The minimum atomic E-state index is -0.519. The zero-order valence-electron chi connectivity index (χ0n) is 8.58. The molecule has 17 heavy (non-hydrogen) atoms. The molecule has 4 nitrogen and oxygen atoms in total. The molecule has 1 aromatic carbocycles. The van der Waals surface area contributed by atoms with Gasteiger partial charge in [-0.25, -0.2) is 9.37 Å². The number of carbonyl (C=O) groups is 1. The van der Waals surface area contributed by atoms with Crippen LogP contribution in [0, 0.1) is 9.39 Å². The van der Waals surface area contributed by atoms with E-state index in [1.165, 1.54) is 10.6 Å². The van der Waals surface area contributed by atoms with Gasteiger partial charge in [0.1, 0.15) is 18.2 Å². The second-order valence-corrected chi connectivity index (χ2v) is 4.90. The van der Waals surface area contributed by atoms with Crippen LogP contribution in [0.25, 0.3) is 11.0 Å². The summed E-state index contributed by atoms with van der Waals surface area (Å²) in [7, 11) is 0. The molecule has 2 N–H and O–H groups in total. The Hall–Kier alpha value is -0.890. The summed E-state index contributed by atoms with van der Waals surface area (Å²) in [6.45, 7) is -0.0570. The Morgan fingerprint density at radius 3 is 2.88 bits per heavy atom. The molecular formula is C10H8ClFIN3O. The Kier molecular flexibility index (Phi) is 3.53. The van der Waals surface area contributed by atoms with Gasteiger partial charge >= 0.3 is 0 Å². The van der Waals surface area contributed by atoms with Gasteiger partial charge in [0.2, 0.25) is 5.91 Å². The van der Waals surface area contributed by atoms with Gasteiger partial charge in [-0.3, -0.25) is 4.79 Å². The third kappa shape index (κ3) is 2.37. The van der Waals surface area contributed by atoms with Crippen molar-refractivity contribution in [2.45, 2.75) is 12.4 Å². The SMILES string of the molecule is NC(=O)Cn1c(CCl)nc2cc(I)c(F)cc21. The first-order valence-corrected chi connectivity index (χ1v) is 6.32. The first-order valence-electron chi connectivity index (χ1n) is 4.71. The van der Waals surface area contributed by atoms with Crippen LogP contribution in [0.4, 0.5) is 4.39 Å². The lowest BCUT2D eigenvalue weighted by Crippen LogP contribution is -2.19. The number of carbonyl (C=O) groups excluding carboxylic acids is 1. The van der Waals surface area contributed by atoms with E-state index < -0.39 is 5.91 Å². The molecule has 1 heterocycles. The lowest BCUT2D eigenvalue weighted by molar-refractivity contribution is -0.118. The van der Waals surface area contributed by atoms with E-state index in [1.54, 1.807) is 6.07 Å². The molecule has 0 aliphatic carbocycles. The highest BCUT2D eigenvalue weighted by Crippen LogP contribution is 2.22. The van der Waals surface area contributed by atoms with Gasteiger partial charge in [-0.2, -0.15) is 0 Å². The molecule has 0 atom stereocenters. The number of nitrogens with zero attached hydrogens (tertiary/aromatic N) is 2. The van der Waals surface area contributed by atoms with Gasteiger partial charge in [-0.1, -0.05) is 0 Å². The number of fused-ring (bicyclic) bond motifs is 1. The van der Waals surface area contributed by atoms with Crippen molar-refractivity contribution in [3.63, 3.8) is 0 Å². The lowest BCUT2D eigenvalue weighted by atomic mass is 10.3. The molecule has 90 valence electrons. The molecule has 1 aromatic heterocycles. The summed E-state index contributed by atoms with van der Waals surface area (Å²) < 4.78 is 15.5. The molecule has 0 spiro atoms. The van der Waals surface area contributed by atoms with E-state index in [-0.39, 0.29) is 18.2 Å². The zero-order valence-corrected chi connectivity index (χ0v) is 11.5. The standard InChI is InChI=1S/C10H8ClFIN3O/c11-3-10-15-7-2-6(13)5(12)1-8(7)16(10)4-9(14)17/h1-2H,3-4H2,(H2,14,17). The number of alkyl halides is 1. The predicted octanol–water partition coefficient (Wildman–Crippen LogP) is 2.00. The van der Waals surface area contributed by atoms with E-state index in [9.17, 15) is 9.18 Å². The number of imidazole rings is 1. The fourth-order valence-corrected chi connectivity index (χ4v) is 2.26. The minimum absolute atomic E-state index is 0.0570. The Morgan fingerprint density at radius 2 is 2.29 bits per heavy atom. The van der Waals surface area contributed by atoms with Crippen molar-refractivity contribution in [2.24, 2.45) is 5.73 Å². The molecule has 0 saturated heterocycles. The number of hydrogen-bond donors (Lipinski definition) is 1. The molecule has 0 aliphatic heterocycles. The normalized spacial score (nSPS) is 11.0. The molecule has 7 heteroatoms. The van der Waals surface area contributed by atoms with Crippen LogP contribution in [-0.4, -0.2) is 15.5 Å². The summed E-state index contributed by atoms with van der Waals surface area (Å²) >= 11 is 7.62. The number of amides is 1. The second kappa shape index (κ2) is 4.77. The van der Waals surface area contributed by atoms with Gasteiger partial charge in [0, 0.05) is 6.07 Å². The van der Waals surface area contributed by atoms with Crippen molar-refractivity contribution in [1.29, 1.82) is 0 Å². The van der Waals surface area contributed by atoms with Crippen LogP contribution in [0.5, 0.6) is 0 Å². The fraction of sp³-hybridized carbons (Fsp3) is 0.200. The molecule has 0 radical (unpaired) electrons. The highest BCUT2D eigenvalue weighted by molar-refractivity contribution is 14.1. The molecular weight excluding hydrogens is 359 g/mol. The van der Waals surface area contributed by atoms with Crippen LogP contribution in [0.2, 0.25) is 0 Å². The van der Waals surface area contributed by atoms with Gasteiger partial charge in [-0.15, -0.1) is 11.6 Å². The van der Waals surface area contributed by atoms with Crippen molar-refractivity contribution in [3.8, 4) is 0 Å². The number of aromatic nitrogens is 2. The third-order valence-electron chi connectivity index (χ3n) is 2.30. The van der Waals surface area contributed by atoms with Crippen LogP contribution < -0.4 is 5.73 Å². The first-order chi connectivity index (χ1) is 8.02. The molecule has 0 saturated carbocycles. The third-order valence-corrected chi connectivity index (χ3v) is 3.37. The largest absolute Gasteiger partial charge is 0.368 e. The summed E-state index contributed by atoms with van der Waals surface area (Å²) in [6, 6.07) is 2.95. The predicted molar refractivity (Wildman–Crippen MR) is 71.2 cm³/mol. The molecule has 0 fully saturated rings. The summed E-state index contributed by atoms with van der Waals surface area (Å²) in [5.41, 5.74) is 6.27. The van der Waals surface area contributed by atoms with Gasteiger partial charge in [0.15, 0.2) is 0 Å². The quantitative estimate of drug-likeness (QED) is 0.666. The smallest absolute Gasteiger partial charge is 0.237 e. The Bertz CT molecular complexity index is 599. The van der Waals surface area contributed by atoms with Crippen molar-refractivity contribution in [2.75, 3.05) is 0 Å². The lowest BCUT2D eigenvalue weighted by Gasteiger charge is -2.04. The van der Waals surface area contributed by atoms with E-state index >= 15 is 0 Å². The molecule has 2 rings (SSSR count). The van der Waals surface area contributed by atoms with Crippen LogP contribution in [-0.2, 0) is 17.2 Å². The summed E-state index contributed by atoms with van der Waals surface area (Å²) in [5.74, 6) is -0.235. The van der Waals surface area contributed by atoms with Crippen LogP contribution in [0.1, 0.15) is 5.82 Å². The highest BCUT2D eigenvalue weighted by Gasteiger charge is 2.14.